The molecule has 6 heteroatoms. The van der Waals surface area contributed by atoms with E-state index >= 15 is 0 Å². The molecule has 0 radical (unpaired) electrons. The summed E-state index contributed by atoms with van der Waals surface area (Å²) in [5.41, 5.74) is 1.03. The number of amides is 2. The summed E-state index contributed by atoms with van der Waals surface area (Å²) in [5, 5.41) is 3.11. The largest absolute Gasteiger partial charge is 0.339 e. The van der Waals surface area contributed by atoms with Crippen molar-refractivity contribution in [1.82, 2.24) is 14.8 Å². The van der Waals surface area contributed by atoms with Crippen molar-refractivity contribution in [3.8, 4) is 0 Å². The molecule has 0 aromatic carbocycles. The molecule has 2 amide bonds. The predicted octanol–water partition coefficient (Wildman–Crippen LogP) is 2.52. The first kappa shape index (κ1) is 15.1. The third-order valence-electron chi connectivity index (χ3n) is 5.20. The highest BCUT2D eigenvalue weighted by Gasteiger charge is 2.44. The molecule has 1 saturated carbocycles. The number of nitrogens with zero attached hydrogens (tertiary/aromatic N) is 3. The fourth-order valence-corrected chi connectivity index (χ4v) is 4.79. The summed E-state index contributed by atoms with van der Waals surface area (Å²) in [4.78, 5) is 33.8. The molecule has 0 N–H and O–H groups in total. The van der Waals surface area contributed by atoms with E-state index in [-0.39, 0.29) is 23.8 Å². The molecule has 3 fully saturated rings. The van der Waals surface area contributed by atoms with Gasteiger partial charge in [-0.2, -0.15) is 0 Å². The average Bonchev–Trinajstić information content (AvgIpc) is 3.19. The maximum Gasteiger partial charge on any atom is 0.228 e. The standard InChI is InChI=1S/C17H23N3O2S/c1-11-10-23-16(18-11)14-4-2-3-7-19(14)17(22)12-8-15(21)20(9-12)13-5-6-13/h10,12-14H,2-9H2,1H3/t12-,14+/m1/s1. The number of aryl methyl sites for hydroxylation is 1. The van der Waals surface area contributed by atoms with Crippen LogP contribution in [0.15, 0.2) is 5.38 Å². The first-order chi connectivity index (χ1) is 11.1. The summed E-state index contributed by atoms with van der Waals surface area (Å²) >= 11 is 1.65. The fraction of sp³-hybridized carbons (Fsp3) is 0.706. The highest BCUT2D eigenvalue weighted by Crippen LogP contribution is 2.37. The molecule has 0 spiro atoms. The Balaban J connectivity index is 1.50. The van der Waals surface area contributed by atoms with E-state index in [4.69, 9.17) is 0 Å². The second-order valence-electron chi connectivity index (χ2n) is 7.05. The van der Waals surface area contributed by atoms with Crippen molar-refractivity contribution in [2.75, 3.05) is 13.1 Å². The Labute approximate surface area is 140 Å². The molecule has 2 atom stereocenters. The second kappa shape index (κ2) is 5.89. The molecule has 0 bridgehead atoms. The smallest absolute Gasteiger partial charge is 0.228 e. The van der Waals surface area contributed by atoms with Crippen molar-refractivity contribution in [3.05, 3.63) is 16.1 Å². The Hall–Kier alpha value is -1.43. The molecule has 4 rings (SSSR count). The van der Waals surface area contributed by atoms with E-state index in [0.717, 1.165) is 49.4 Å². The van der Waals surface area contributed by atoms with E-state index in [0.29, 0.717) is 19.0 Å². The van der Waals surface area contributed by atoms with Crippen molar-refractivity contribution in [2.24, 2.45) is 5.92 Å². The van der Waals surface area contributed by atoms with Gasteiger partial charge in [0.05, 0.1) is 12.0 Å². The lowest BCUT2D eigenvalue weighted by molar-refractivity contribution is -0.139. The van der Waals surface area contributed by atoms with Gasteiger partial charge in [0.25, 0.3) is 0 Å². The van der Waals surface area contributed by atoms with E-state index in [1.807, 2.05) is 16.7 Å². The minimum Gasteiger partial charge on any atom is -0.339 e. The van der Waals surface area contributed by atoms with Gasteiger partial charge in [-0.05, 0) is 39.0 Å². The lowest BCUT2D eigenvalue weighted by Gasteiger charge is -2.36. The van der Waals surface area contributed by atoms with Gasteiger partial charge in [0.1, 0.15) is 5.01 Å². The fourth-order valence-electron chi connectivity index (χ4n) is 3.85. The number of aromatic nitrogens is 1. The maximum absolute atomic E-state index is 13.0. The molecule has 3 aliphatic rings. The van der Waals surface area contributed by atoms with E-state index in [1.54, 1.807) is 11.3 Å². The van der Waals surface area contributed by atoms with E-state index in [1.165, 1.54) is 0 Å². The van der Waals surface area contributed by atoms with E-state index < -0.39 is 0 Å². The molecule has 1 aromatic rings. The third-order valence-corrected chi connectivity index (χ3v) is 6.27. The third kappa shape index (κ3) is 2.89. The zero-order chi connectivity index (χ0) is 16.0. The van der Waals surface area contributed by atoms with Gasteiger partial charge in [0.2, 0.25) is 11.8 Å². The number of hydrogen-bond donors (Lipinski definition) is 0. The molecule has 2 aliphatic heterocycles. The van der Waals surface area contributed by atoms with Gasteiger partial charge in [0, 0.05) is 36.6 Å². The zero-order valence-electron chi connectivity index (χ0n) is 13.5. The van der Waals surface area contributed by atoms with Gasteiger partial charge in [-0.15, -0.1) is 11.3 Å². The SMILES string of the molecule is Cc1csc([C@@H]2CCCCN2C(=O)[C@@H]2CC(=O)N(C3CC3)C2)n1. The van der Waals surface area contributed by atoms with Crippen LogP contribution < -0.4 is 0 Å². The van der Waals surface area contributed by atoms with Crippen LogP contribution in [0.4, 0.5) is 0 Å². The quantitative estimate of drug-likeness (QED) is 0.854. The number of rotatable bonds is 3. The lowest BCUT2D eigenvalue weighted by Crippen LogP contribution is -2.42. The van der Waals surface area contributed by atoms with Gasteiger partial charge >= 0.3 is 0 Å². The summed E-state index contributed by atoms with van der Waals surface area (Å²) in [6.45, 7) is 3.43. The first-order valence-electron chi connectivity index (χ1n) is 8.65. The van der Waals surface area contributed by atoms with Crippen LogP contribution in [0.25, 0.3) is 0 Å². The molecule has 124 valence electrons. The van der Waals surface area contributed by atoms with Crippen LogP contribution in [0.3, 0.4) is 0 Å². The molecule has 2 saturated heterocycles. The Morgan fingerprint density at radius 3 is 2.83 bits per heavy atom. The predicted molar refractivity (Wildman–Crippen MR) is 88.0 cm³/mol. The van der Waals surface area contributed by atoms with Crippen molar-refractivity contribution in [3.63, 3.8) is 0 Å². The summed E-state index contributed by atoms with van der Waals surface area (Å²) in [6, 6.07) is 0.527. The van der Waals surface area contributed by atoms with Gasteiger partial charge in [-0.25, -0.2) is 4.98 Å². The molecule has 1 aromatic heterocycles. The van der Waals surface area contributed by atoms with Gasteiger partial charge in [0.15, 0.2) is 0 Å². The van der Waals surface area contributed by atoms with Crippen molar-refractivity contribution < 1.29 is 9.59 Å². The van der Waals surface area contributed by atoms with Gasteiger partial charge in [-0.3, -0.25) is 9.59 Å². The molecule has 3 heterocycles. The monoisotopic (exact) mass is 333 g/mol. The van der Waals surface area contributed by atoms with Gasteiger partial charge in [-0.1, -0.05) is 0 Å². The van der Waals surface area contributed by atoms with Crippen molar-refractivity contribution >= 4 is 23.2 Å². The van der Waals surface area contributed by atoms with Crippen molar-refractivity contribution in [2.45, 2.75) is 57.5 Å². The highest BCUT2D eigenvalue weighted by atomic mass is 32.1. The lowest BCUT2D eigenvalue weighted by atomic mass is 9.99. The highest BCUT2D eigenvalue weighted by molar-refractivity contribution is 7.09. The number of carbonyl (C=O) groups excluding carboxylic acids is 2. The maximum atomic E-state index is 13.0. The van der Waals surface area contributed by atoms with Crippen LogP contribution in [0.2, 0.25) is 0 Å². The molecule has 1 aliphatic carbocycles. The van der Waals surface area contributed by atoms with Crippen LogP contribution in [-0.4, -0.2) is 45.7 Å². The van der Waals surface area contributed by atoms with Crippen LogP contribution in [-0.2, 0) is 9.59 Å². The van der Waals surface area contributed by atoms with Crippen LogP contribution >= 0.6 is 11.3 Å². The molecular formula is C17H23N3O2S. The number of piperidine rings is 1. The van der Waals surface area contributed by atoms with Gasteiger partial charge < -0.3 is 9.80 Å². The summed E-state index contributed by atoms with van der Waals surface area (Å²) in [5.74, 6) is 0.188. The molecular weight excluding hydrogens is 310 g/mol. The molecule has 23 heavy (non-hydrogen) atoms. The normalized spacial score (nSPS) is 28.5. The topological polar surface area (TPSA) is 53.5 Å². The molecule has 0 unspecified atom stereocenters. The second-order valence-corrected chi connectivity index (χ2v) is 7.94. The summed E-state index contributed by atoms with van der Waals surface area (Å²) < 4.78 is 0. The van der Waals surface area contributed by atoms with Crippen LogP contribution in [0, 0.1) is 12.8 Å². The minimum atomic E-state index is -0.148. The Morgan fingerprint density at radius 1 is 1.30 bits per heavy atom. The van der Waals surface area contributed by atoms with Crippen molar-refractivity contribution in [1.29, 1.82) is 0 Å². The molecule has 5 nitrogen and oxygen atoms in total. The van der Waals surface area contributed by atoms with Crippen LogP contribution in [0.1, 0.15) is 55.3 Å². The number of carbonyl (C=O) groups is 2. The Bertz CT molecular complexity index is 625. The van der Waals surface area contributed by atoms with E-state index in [9.17, 15) is 9.59 Å². The number of thiazole rings is 1. The van der Waals surface area contributed by atoms with E-state index in [2.05, 4.69) is 10.4 Å². The average molecular weight is 333 g/mol. The summed E-state index contributed by atoms with van der Waals surface area (Å²) in [6.07, 6.45) is 5.81. The minimum absolute atomic E-state index is 0.111. The Kier molecular flexibility index (Phi) is 3.87. The zero-order valence-corrected chi connectivity index (χ0v) is 14.3. The summed E-state index contributed by atoms with van der Waals surface area (Å²) in [7, 11) is 0. The van der Waals surface area contributed by atoms with Crippen LogP contribution in [0.5, 0.6) is 0 Å². The Morgan fingerprint density at radius 2 is 2.13 bits per heavy atom. The number of likely N-dealkylation sites (tertiary alicyclic amines) is 2. The first-order valence-corrected chi connectivity index (χ1v) is 9.53. The number of hydrogen-bond acceptors (Lipinski definition) is 4.